The van der Waals surface area contributed by atoms with Crippen LogP contribution in [0.25, 0.3) is 0 Å². The smallest absolute Gasteiger partial charge is 0.221 e. The van der Waals surface area contributed by atoms with Gasteiger partial charge in [-0.1, -0.05) is 0 Å². The maximum Gasteiger partial charge on any atom is 0.221 e. The molecule has 0 atom stereocenters. The molecule has 100 valence electrons. The lowest BCUT2D eigenvalue weighted by Gasteiger charge is -2.22. The lowest BCUT2D eigenvalue weighted by Crippen LogP contribution is -2.20. The van der Waals surface area contributed by atoms with E-state index in [0.29, 0.717) is 24.0 Å². The number of carbonyl (C=O) groups excluding carboxylic acids is 2. The Morgan fingerprint density at radius 3 is 2.74 bits per heavy atom. The summed E-state index contributed by atoms with van der Waals surface area (Å²) in [6.07, 6.45) is 1.61. The molecule has 0 unspecified atom stereocenters. The van der Waals surface area contributed by atoms with Crippen molar-refractivity contribution in [1.82, 2.24) is 0 Å². The molecule has 1 aromatic carbocycles. The van der Waals surface area contributed by atoms with Gasteiger partial charge in [-0.05, 0) is 37.0 Å². The maximum absolute atomic E-state index is 13.8. The Hall–Kier alpha value is -2.17. The van der Waals surface area contributed by atoms with Gasteiger partial charge in [0.25, 0.3) is 0 Å². The van der Waals surface area contributed by atoms with E-state index in [2.05, 4.69) is 5.32 Å². The van der Waals surface area contributed by atoms with E-state index in [9.17, 15) is 14.0 Å². The van der Waals surface area contributed by atoms with Crippen LogP contribution in [0.2, 0.25) is 0 Å². The van der Waals surface area contributed by atoms with Crippen molar-refractivity contribution in [2.24, 2.45) is 0 Å². The average Bonchev–Trinajstić information content (AvgIpc) is 2.34. The van der Waals surface area contributed by atoms with Crippen LogP contribution in [0.4, 0.5) is 10.1 Å². The zero-order chi connectivity index (χ0) is 14.2. The van der Waals surface area contributed by atoms with Crippen molar-refractivity contribution in [1.29, 1.82) is 0 Å². The molecule has 0 aliphatic heterocycles. The fraction of sp³-hybridized carbons (Fsp3) is 0.286. The highest BCUT2D eigenvalue weighted by molar-refractivity contribution is 6.15. The zero-order valence-electron chi connectivity index (χ0n) is 10.7. The van der Waals surface area contributed by atoms with Gasteiger partial charge in [-0.15, -0.1) is 0 Å². The summed E-state index contributed by atoms with van der Waals surface area (Å²) in [6, 6.07) is 1.15. The SMILES string of the molecule is CC(=O)Nc1cc(F)c(C)c2c1C(=O)C(=CO)CC2. The van der Waals surface area contributed by atoms with Crippen molar-refractivity contribution in [3.63, 3.8) is 0 Å². The fourth-order valence-electron chi connectivity index (χ4n) is 2.32. The van der Waals surface area contributed by atoms with Crippen LogP contribution in [0.1, 0.15) is 34.8 Å². The normalized spacial score (nSPS) is 16.4. The average molecular weight is 263 g/mol. The highest BCUT2D eigenvalue weighted by atomic mass is 19.1. The predicted molar refractivity (Wildman–Crippen MR) is 68.8 cm³/mol. The monoisotopic (exact) mass is 263 g/mol. The number of ketones is 1. The molecule has 4 nitrogen and oxygen atoms in total. The predicted octanol–water partition coefficient (Wildman–Crippen LogP) is 2.66. The third-order valence-corrected chi connectivity index (χ3v) is 3.28. The first-order valence-corrected chi connectivity index (χ1v) is 5.93. The van der Waals surface area contributed by atoms with Crippen molar-refractivity contribution in [2.75, 3.05) is 5.32 Å². The summed E-state index contributed by atoms with van der Waals surface area (Å²) in [5.74, 6) is -1.19. The van der Waals surface area contributed by atoms with Gasteiger partial charge in [-0.3, -0.25) is 9.59 Å². The Balaban J connectivity index is 2.67. The number of carbonyl (C=O) groups is 2. The molecule has 0 heterocycles. The number of fused-ring (bicyclic) bond motifs is 1. The largest absolute Gasteiger partial charge is 0.515 e. The van der Waals surface area contributed by atoms with Gasteiger partial charge in [0, 0.05) is 18.1 Å². The molecule has 1 aliphatic carbocycles. The Kier molecular flexibility index (Phi) is 3.38. The molecule has 1 aromatic rings. The van der Waals surface area contributed by atoms with E-state index in [-0.39, 0.29) is 28.5 Å². The first-order chi connectivity index (χ1) is 8.95. The van der Waals surface area contributed by atoms with E-state index in [1.165, 1.54) is 6.92 Å². The molecule has 2 N–H and O–H groups in total. The van der Waals surface area contributed by atoms with Crippen LogP contribution in [0.15, 0.2) is 17.9 Å². The van der Waals surface area contributed by atoms with Gasteiger partial charge in [0.15, 0.2) is 5.78 Å². The molecule has 0 spiro atoms. The van der Waals surface area contributed by atoms with E-state index in [1.54, 1.807) is 6.92 Å². The molecule has 0 bridgehead atoms. The second-order valence-corrected chi connectivity index (χ2v) is 4.55. The molecular weight excluding hydrogens is 249 g/mol. The number of nitrogens with one attached hydrogen (secondary N) is 1. The van der Waals surface area contributed by atoms with Crippen molar-refractivity contribution < 1.29 is 19.1 Å². The number of anilines is 1. The summed E-state index contributed by atoms with van der Waals surface area (Å²) in [7, 11) is 0. The van der Waals surface area contributed by atoms with Gasteiger partial charge in [0.05, 0.1) is 11.9 Å². The Bertz CT molecular complexity index is 605. The minimum absolute atomic E-state index is 0.162. The van der Waals surface area contributed by atoms with Crippen molar-refractivity contribution in [3.05, 3.63) is 40.4 Å². The van der Waals surface area contributed by atoms with Gasteiger partial charge in [-0.25, -0.2) is 4.39 Å². The molecule has 0 saturated heterocycles. The van der Waals surface area contributed by atoms with Gasteiger partial charge in [0.1, 0.15) is 5.82 Å². The second kappa shape index (κ2) is 4.84. The van der Waals surface area contributed by atoms with Crippen molar-refractivity contribution in [2.45, 2.75) is 26.7 Å². The number of hydrogen-bond donors (Lipinski definition) is 2. The van der Waals surface area contributed by atoms with Crippen LogP contribution in [-0.4, -0.2) is 16.8 Å². The summed E-state index contributed by atoms with van der Waals surface area (Å²) in [6.45, 7) is 2.90. The molecule has 2 rings (SSSR count). The van der Waals surface area contributed by atoms with Crippen LogP contribution in [0.3, 0.4) is 0 Å². The number of amides is 1. The Morgan fingerprint density at radius 2 is 2.16 bits per heavy atom. The Morgan fingerprint density at radius 1 is 1.47 bits per heavy atom. The highest BCUT2D eigenvalue weighted by Crippen LogP contribution is 2.34. The number of allylic oxidation sites excluding steroid dienone is 1. The van der Waals surface area contributed by atoms with E-state index in [1.807, 2.05) is 0 Å². The first kappa shape index (κ1) is 13.3. The number of aliphatic hydroxyl groups is 1. The number of rotatable bonds is 1. The summed E-state index contributed by atoms with van der Waals surface area (Å²) in [4.78, 5) is 23.4. The Labute approximate surface area is 109 Å². The third-order valence-electron chi connectivity index (χ3n) is 3.28. The number of Topliss-reactive ketones (excluding diaryl/α,β-unsaturated/α-hetero) is 1. The van der Waals surface area contributed by atoms with Crippen LogP contribution < -0.4 is 5.32 Å². The van der Waals surface area contributed by atoms with Crippen LogP contribution in [-0.2, 0) is 11.2 Å². The number of aliphatic hydroxyl groups excluding tert-OH is 1. The summed E-state index contributed by atoms with van der Waals surface area (Å²) in [5, 5.41) is 11.5. The molecule has 19 heavy (non-hydrogen) atoms. The summed E-state index contributed by atoms with van der Waals surface area (Å²) >= 11 is 0. The maximum atomic E-state index is 13.8. The molecule has 0 aromatic heterocycles. The third kappa shape index (κ3) is 2.23. The summed E-state index contributed by atoms with van der Waals surface area (Å²) in [5.41, 5.74) is 1.72. The molecule has 0 fully saturated rings. The molecule has 1 aliphatic rings. The quantitative estimate of drug-likeness (QED) is 0.604. The minimum Gasteiger partial charge on any atom is -0.515 e. The second-order valence-electron chi connectivity index (χ2n) is 4.55. The standard InChI is InChI=1S/C14H14FNO3/c1-7-10-4-3-9(6-17)14(19)13(10)12(5-11(7)15)16-8(2)18/h5-6,17H,3-4H2,1-2H3,(H,16,18). The first-order valence-electron chi connectivity index (χ1n) is 5.93. The lowest BCUT2D eigenvalue weighted by atomic mass is 9.83. The summed E-state index contributed by atoms with van der Waals surface area (Å²) < 4.78 is 13.8. The van der Waals surface area contributed by atoms with E-state index in [4.69, 9.17) is 5.11 Å². The minimum atomic E-state index is -0.452. The van der Waals surface area contributed by atoms with Crippen LogP contribution in [0, 0.1) is 12.7 Å². The number of benzene rings is 1. The topological polar surface area (TPSA) is 66.4 Å². The lowest BCUT2D eigenvalue weighted by molar-refractivity contribution is -0.114. The fourth-order valence-corrected chi connectivity index (χ4v) is 2.32. The molecule has 1 amide bonds. The number of halogens is 1. The van der Waals surface area contributed by atoms with Crippen molar-refractivity contribution in [3.8, 4) is 0 Å². The van der Waals surface area contributed by atoms with Gasteiger partial charge in [-0.2, -0.15) is 0 Å². The van der Waals surface area contributed by atoms with Crippen LogP contribution >= 0.6 is 0 Å². The zero-order valence-corrected chi connectivity index (χ0v) is 10.7. The molecule has 0 saturated carbocycles. The van der Waals surface area contributed by atoms with Gasteiger partial charge >= 0.3 is 0 Å². The van der Waals surface area contributed by atoms with E-state index < -0.39 is 5.82 Å². The van der Waals surface area contributed by atoms with Crippen molar-refractivity contribution >= 4 is 17.4 Å². The van der Waals surface area contributed by atoms with Crippen LogP contribution in [0.5, 0.6) is 0 Å². The molecule has 0 radical (unpaired) electrons. The van der Waals surface area contributed by atoms with Gasteiger partial charge < -0.3 is 10.4 Å². The van der Waals surface area contributed by atoms with E-state index in [0.717, 1.165) is 12.3 Å². The van der Waals surface area contributed by atoms with Gasteiger partial charge in [0.2, 0.25) is 5.91 Å². The number of hydrogen-bond acceptors (Lipinski definition) is 3. The highest BCUT2D eigenvalue weighted by Gasteiger charge is 2.28. The molecule has 5 heteroatoms. The van der Waals surface area contributed by atoms with E-state index >= 15 is 0 Å². The molecular formula is C14H14FNO3.